The lowest BCUT2D eigenvalue weighted by Gasteiger charge is -2.19. The quantitative estimate of drug-likeness (QED) is 0.711. The minimum Gasteiger partial charge on any atom is -0.340 e. The van der Waals surface area contributed by atoms with E-state index in [1.807, 2.05) is 35.5 Å². The molecule has 0 radical (unpaired) electrons. The number of aryl methyl sites for hydroxylation is 2. The highest BCUT2D eigenvalue weighted by Crippen LogP contribution is 2.17. The fourth-order valence-corrected chi connectivity index (χ4v) is 3.96. The maximum Gasteiger partial charge on any atom is 0.262 e. The maximum absolute atomic E-state index is 12.6. The molecule has 1 aliphatic heterocycles. The average molecular weight is 357 g/mol. The second-order valence-corrected chi connectivity index (χ2v) is 7.12. The van der Waals surface area contributed by atoms with E-state index in [-0.39, 0.29) is 11.5 Å². The van der Waals surface area contributed by atoms with E-state index in [9.17, 15) is 9.59 Å². The molecule has 3 aromatic heterocycles. The number of fused-ring (bicyclic) bond motifs is 2. The fourth-order valence-electron chi connectivity index (χ4n) is 3.19. The highest BCUT2D eigenvalue weighted by Gasteiger charge is 2.21. The molecular weight excluding hydrogens is 338 g/mol. The van der Waals surface area contributed by atoms with Crippen molar-refractivity contribution in [2.24, 2.45) is 0 Å². The first kappa shape index (κ1) is 16.0. The van der Waals surface area contributed by atoms with Crippen molar-refractivity contribution >= 4 is 27.5 Å². The van der Waals surface area contributed by atoms with E-state index in [0.717, 1.165) is 16.3 Å². The molecule has 0 fully saturated rings. The van der Waals surface area contributed by atoms with Gasteiger partial charge in [-0.25, -0.2) is 4.98 Å². The van der Waals surface area contributed by atoms with Gasteiger partial charge in [-0.2, -0.15) is 5.10 Å². The van der Waals surface area contributed by atoms with Gasteiger partial charge in [0.05, 0.1) is 11.1 Å². The molecule has 1 aliphatic rings. The number of hydrogen-bond donors (Lipinski definition) is 0. The second kappa shape index (κ2) is 6.44. The lowest BCUT2D eigenvalue weighted by atomic mass is 10.3. The van der Waals surface area contributed by atoms with E-state index in [4.69, 9.17) is 0 Å². The Morgan fingerprint density at radius 1 is 1.28 bits per heavy atom. The van der Waals surface area contributed by atoms with Crippen LogP contribution in [-0.4, -0.2) is 43.2 Å². The molecule has 0 unspecified atom stereocenters. The second-order valence-electron chi connectivity index (χ2n) is 6.23. The van der Waals surface area contributed by atoms with Gasteiger partial charge >= 0.3 is 0 Å². The van der Waals surface area contributed by atoms with E-state index >= 15 is 0 Å². The molecule has 8 heteroatoms. The molecule has 3 aromatic rings. The van der Waals surface area contributed by atoms with Crippen molar-refractivity contribution in [1.82, 2.24) is 24.2 Å². The zero-order valence-electron chi connectivity index (χ0n) is 14.0. The summed E-state index contributed by atoms with van der Waals surface area (Å²) in [6, 6.07) is 3.75. The van der Waals surface area contributed by atoms with Crippen LogP contribution in [0.15, 0.2) is 28.5 Å². The highest BCUT2D eigenvalue weighted by molar-refractivity contribution is 7.16. The van der Waals surface area contributed by atoms with Crippen molar-refractivity contribution < 1.29 is 4.79 Å². The molecule has 0 atom stereocenters. The molecule has 4 rings (SSSR count). The summed E-state index contributed by atoms with van der Waals surface area (Å²) < 4.78 is 3.51. The van der Waals surface area contributed by atoms with Crippen LogP contribution in [0.5, 0.6) is 0 Å². The number of amides is 1. The van der Waals surface area contributed by atoms with Gasteiger partial charge in [0.25, 0.3) is 5.56 Å². The molecular formula is C17H19N5O2S. The monoisotopic (exact) mass is 357 g/mol. The van der Waals surface area contributed by atoms with Crippen molar-refractivity contribution in [2.75, 3.05) is 13.1 Å². The number of rotatable bonds is 3. The van der Waals surface area contributed by atoms with Crippen LogP contribution >= 0.6 is 11.3 Å². The molecule has 7 nitrogen and oxygen atoms in total. The van der Waals surface area contributed by atoms with Gasteiger partial charge in [0.15, 0.2) is 0 Å². The summed E-state index contributed by atoms with van der Waals surface area (Å²) in [5, 5.41) is 6.87. The SMILES string of the molecule is Cc1ccn(CCC(=O)N2CCc3nc4sccc4c(=O)n3CC2)n1. The lowest BCUT2D eigenvalue weighted by Crippen LogP contribution is -2.34. The van der Waals surface area contributed by atoms with Crippen molar-refractivity contribution in [3.8, 4) is 0 Å². The van der Waals surface area contributed by atoms with E-state index in [1.54, 1.807) is 9.25 Å². The Balaban J connectivity index is 1.47. The lowest BCUT2D eigenvalue weighted by molar-refractivity contribution is -0.131. The summed E-state index contributed by atoms with van der Waals surface area (Å²) in [6.45, 7) is 4.14. The standard InChI is InChI=1S/C17H19N5O2S/c1-12-2-7-21(19-12)8-4-15(23)20-6-3-14-18-16-13(5-11-25-16)17(24)22(14)10-9-20/h2,5,7,11H,3-4,6,8-10H2,1H3. The summed E-state index contributed by atoms with van der Waals surface area (Å²) in [5.74, 6) is 0.869. The predicted octanol–water partition coefficient (Wildman–Crippen LogP) is 1.44. The third kappa shape index (κ3) is 3.09. The molecule has 25 heavy (non-hydrogen) atoms. The van der Waals surface area contributed by atoms with Crippen LogP contribution in [0.3, 0.4) is 0 Å². The number of aromatic nitrogens is 4. The molecule has 1 amide bonds. The third-order valence-corrected chi connectivity index (χ3v) is 5.35. The van der Waals surface area contributed by atoms with E-state index in [2.05, 4.69) is 10.1 Å². The van der Waals surface area contributed by atoms with Crippen LogP contribution in [0.25, 0.3) is 10.2 Å². The summed E-state index contributed by atoms with van der Waals surface area (Å²) in [5.41, 5.74) is 0.950. The summed E-state index contributed by atoms with van der Waals surface area (Å²) in [6.07, 6.45) is 2.90. The predicted molar refractivity (Wildman–Crippen MR) is 95.7 cm³/mol. The van der Waals surface area contributed by atoms with Crippen LogP contribution in [0.4, 0.5) is 0 Å². The van der Waals surface area contributed by atoms with E-state index in [0.29, 0.717) is 44.4 Å². The average Bonchev–Trinajstić information content (AvgIpc) is 3.17. The first-order valence-electron chi connectivity index (χ1n) is 8.36. The largest absolute Gasteiger partial charge is 0.340 e. The Morgan fingerprint density at radius 2 is 2.16 bits per heavy atom. The molecule has 0 aromatic carbocycles. The normalized spacial score (nSPS) is 14.5. The molecule has 0 bridgehead atoms. The van der Waals surface area contributed by atoms with Crippen molar-refractivity contribution in [1.29, 1.82) is 0 Å². The molecule has 4 heterocycles. The van der Waals surface area contributed by atoms with Gasteiger partial charge in [-0.3, -0.25) is 18.8 Å². The zero-order chi connectivity index (χ0) is 17.4. The van der Waals surface area contributed by atoms with Gasteiger partial charge in [0.2, 0.25) is 5.91 Å². The third-order valence-electron chi connectivity index (χ3n) is 4.54. The van der Waals surface area contributed by atoms with Gasteiger partial charge in [0.1, 0.15) is 10.7 Å². The van der Waals surface area contributed by atoms with Crippen molar-refractivity contribution in [2.45, 2.75) is 32.9 Å². The van der Waals surface area contributed by atoms with Crippen molar-refractivity contribution in [3.05, 3.63) is 45.6 Å². The zero-order valence-corrected chi connectivity index (χ0v) is 14.8. The number of nitrogens with zero attached hydrogens (tertiary/aromatic N) is 5. The Bertz CT molecular complexity index is 986. The fraction of sp³-hybridized carbons (Fsp3) is 0.412. The number of thiophene rings is 1. The summed E-state index contributed by atoms with van der Waals surface area (Å²) in [4.78, 5) is 32.4. The number of carbonyl (C=O) groups excluding carboxylic acids is 1. The molecule has 0 spiro atoms. The topological polar surface area (TPSA) is 73.0 Å². The van der Waals surface area contributed by atoms with Crippen LogP contribution in [-0.2, 0) is 24.3 Å². The van der Waals surface area contributed by atoms with Crippen LogP contribution in [0, 0.1) is 6.92 Å². The van der Waals surface area contributed by atoms with E-state index < -0.39 is 0 Å². The Labute approximate surface area is 148 Å². The minimum atomic E-state index is 0.00238. The van der Waals surface area contributed by atoms with Crippen LogP contribution in [0.1, 0.15) is 17.9 Å². The van der Waals surface area contributed by atoms with E-state index in [1.165, 1.54) is 11.3 Å². The Hall–Kier alpha value is -2.48. The smallest absolute Gasteiger partial charge is 0.262 e. The van der Waals surface area contributed by atoms with Gasteiger partial charge in [-0.1, -0.05) is 0 Å². The minimum absolute atomic E-state index is 0.00238. The Kier molecular flexibility index (Phi) is 4.12. The van der Waals surface area contributed by atoms with Crippen LogP contribution in [0.2, 0.25) is 0 Å². The van der Waals surface area contributed by atoms with Gasteiger partial charge in [-0.05, 0) is 24.4 Å². The summed E-state index contributed by atoms with van der Waals surface area (Å²) in [7, 11) is 0. The summed E-state index contributed by atoms with van der Waals surface area (Å²) >= 11 is 1.48. The van der Waals surface area contributed by atoms with Gasteiger partial charge in [0, 0.05) is 45.2 Å². The molecule has 0 saturated carbocycles. The molecule has 0 N–H and O–H groups in total. The number of carbonyl (C=O) groups is 1. The molecule has 130 valence electrons. The highest BCUT2D eigenvalue weighted by atomic mass is 32.1. The Morgan fingerprint density at radius 3 is 2.96 bits per heavy atom. The van der Waals surface area contributed by atoms with Gasteiger partial charge < -0.3 is 4.90 Å². The first-order valence-corrected chi connectivity index (χ1v) is 9.24. The molecule has 0 saturated heterocycles. The van der Waals surface area contributed by atoms with Crippen molar-refractivity contribution in [3.63, 3.8) is 0 Å². The first-order chi connectivity index (χ1) is 12.1. The van der Waals surface area contributed by atoms with Gasteiger partial charge in [-0.15, -0.1) is 11.3 Å². The molecule has 0 aliphatic carbocycles. The van der Waals surface area contributed by atoms with Crippen LogP contribution < -0.4 is 5.56 Å². The number of hydrogen-bond acceptors (Lipinski definition) is 5. The maximum atomic E-state index is 12.6.